The fraction of sp³-hybridized carbons (Fsp3) is 0.667. The second-order valence-electron chi connectivity index (χ2n) is 8.79. The zero-order chi connectivity index (χ0) is 24.3. The van der Waals surface area contributed by atoms with Crippen LogP contribution in [0.3, 0.4) is 0 Å². The molecule has 0 unspecified atom stereocenters. The largest absolute Gasteiger partial charge is 0.492 e. The van der Waals surface area contributed by atoms with Gasteiger partial charge in [-0.25, -0.2) is 0 Å². The fourth-order valence-electron chi connectivity index (χ4n) is 3.85. The van der Waals surface area contributed by atoms with Crippen LogP contribution >= 0.6 is 11.8 Å². The van der Waals surface area contributed by atoms with Gasteiger partial charge in [0.15, 0.2) is 0 Å². The highest BCUT2D eigenvalue weighted by Gasteiger charge is 2.08. The van der Waals surface area contributed by atoms with Crippen LogP contribution in [0, 0.1) is 0 Å². The summed E-state index contributed by atoms with van der Waals surface area (Å²) in [6.07, 6.45) is 19.6. The van der Waals surface area contributed by atoms with Gasteiger partial charge in [-0.3, -0.25) is 4.79 Å². The average molecular weight is 490 g/mol. The maximum atomic E-state index is 12.0. The summed E-state index contributed by atoms with van der Waals surface area (Å²) in [6.45, 7) is 3.23. The van der Waals surface area contributed by atoms with E-state index in [-0.39, 0.29) is 5.91 Å². The predicted molar refractivity (Wildman–Crippen MR) is 140 cm³/mol. The number of nitrogens with one attached hydrogen (secondary N) is 1. The molecule has 6 nitrogen and oxygen atoms in total. The van der Waals surface area contributed by atoms with E-state index in [1.54, 1.807) is 0 Å². The minimum Gasteiger partial charge on any atom is -0.492 e. The van der Waals surface area contributed by atoms with Crippen molar-refractivity contribution in [3.05, 3.63) is 24.3 Å². The molecule has 0 bridgehead atoms. The van der Waals surface area contributed by atoms with Gasteiger partial charge in [-0.2, -0.15) is 0 Å². The van der Waals surface area contributed by atoms with Gasteiger partial charge in [-0.1, -0.05) is 95.7 Å². The molecule has 0 radical (unpaired) electrons. The first-order chi connectivity index (χ1) is 16.7. The summed E-state index contributed by atoms with van der Waals surface area (Å²) in [5.41, 5.74) is 0.853. The first kappa shape index (κ1) is 28.2. The van der Waals surface area contributed by atoms with Crippen LogP contribution in [0.5, 0.6) is 5.75 Å². The lowest BCUT2D eigenvalue weighted by Crippen LogP contribution is -2.27. The highest BCUT2D eigenvalue weighted by atomic mass is 32.2. The van der Waals surface area contributed by atoms with Crippen LogP contribution in [0.2, 0.25) is 0 Å². The Morgan fingerprint density at radius 2 is 1.47 bits per heavy atom. The van der Waals surface area contributed by atoms with Gasteiger partial charge in [0.05, 0.1) is 6.54 Å². The molecule has 0 saturated heterocycles. The van der Waals surface area contributed by atoms with Crippen molar-refractivity contribution in [3.8, 4) is 17.2 Å². The van der Waals surface area contributed by atoms with Crippen molar-refractivity contribution in [2.24, 2.45) is 0 Å². The van der Waals surface area contributed by atoms with Gasteiger partial charge in [0.1, 0.15) is 12.4 Å². The maximum absolute atomic E-state index is 12.0. The summed E-state index contributed by atoms with van der Waals surface area (Å²) < 4.78 is 11.2. The number of carbonyl (C=O) groups is 1. The number of hydrogen-bond donors (Lipinski definition) is 1. The number of rotatable bonds is 20. The van der Waals surface area contributed by atoms with Gasteiger partial charge < -0.3 is 14.5 Å². The molecule has 1 aromatic carbocycles. The number of hydrogen-bond acceptors (Lipinski definition) is 6. The minimum atomic E-state index is 0.114. The molecule has 0 spiro atoms. The fourth-order valence-corrected chi connectivity index (χ4v) is 4.14. The van der Waals surface area contributed by atoms with Crippen molar-refractivity contribution in [3.63, 3.8) is 0 Å². The molecule has 0 aliphatic rings. The van der Waals surface area contributed by atoms with Crippen LogP contribution in [0.15, 0.2) is 33.9 Å². The second kappa shape index (κ2) is 18.3. The Hall–Kier alpha value is -2.02. The van der Waals surface area contributed by atoms with E-state index in [2.05, 4.69) is 22.4 Å². The molecule has 1 amide bonds. The average Bonchev–Trinajstić information content (AvgIpc) is 3.34. The van der Waals surface area contributed by atoms with Crippen LogP contribution < -0.4 is 10.1 Å². The number of thioether (sulfide) groups is 1. The molecule has 2 rings (SSSR count). The number of carbonyl (C=O) groups excluding carboxylic acids is 1. The van der Waals surface area contributed by atoms with E-state index in [9.17, 15) is 4.79 Å². The third-order valence-corrected chi connectivity index (χ3v) is 6.40. The molecule has 190 valence electrons. The predicted octanol–water partition coefficient (Wildman–Crippen LogP) is 7.43. The highest BCUT2D eigenvalue weighted by Crippen LogP contribution is 2.23. The monoisotopic (exact) mass is 489 g/mol. The summed E-state index contributed by atoms with van der Waals surface area (Å²) >= 11 is 1.42. The Kier molecular flexibility index (Phi) is 15.2. The third-order valence-electron chi connectivity index (χ3n) is 5.88. The van der Waals surface area contributed by atoms with Crippen molar-refractivity contribution >= 4 is 17.7 Å². The van der Waals surface area contributed by atoms with Gasteiger partial charge >= 0.3 is 0 Å². The van der Waals surface area contributed by atoms with Gasteiger partial charge in [0.2, 0.25) is 11.8 Å². The number of aromatic nitrogens is 2. The topological polar surface area (TPSA) is 77.2 Å². The Morgan fingerprint density at radius 1 is 0.882 bits per heavy atom. The van der Waals surface area contributed by atoms with Crippen LogP contribution in [0.4, 0.5) is 0 Å². The highest BCUT2D eigenvalue weighted by molar-refractivity contribution is 7.98. The van der Waals surface area contributed by atoms with E-state index in [1.807, 2.05) is 30.5 Å². The Morgan fingerprint density at radius 3 is 2.03 bits per heavy atom. The number of benzene rings is 1. The zero-order valence-corrected chi connectivity index (χ0v) is 22.0. The standard InChI is InChI=1S/C27H43N3O3S/c1-3-4-5-6-7-8-9-10-11-12-13-14-15-16-25(31)28-21-22-32-24-19-17-23(18-20-24)26-29-30-27(33-26)34-2/h17-20H,3-16,21-22H2,1-2H3,(H,28,31). The van der Waals surface area contributed by atoms with E-state index in [0.29, 0.717) is 30.7 Å². The molecule has 0 saturated carbocycles. The van der Waals surface area contributed by atoms with Crippen LogP contribution in [0.25, 0.3) is 11.5 Å². The molecule has 1 heterocycles. The van der Waals surface area contributed by atoms with Gasteiger partial charge in [-0.15, -0.1) is 10.2 Å². The first-order valence-electron chi connectivity index (χ1n) is 13.1. The van der Waals surface area contributed by atoms with Crippen molar-refractivity contribution in [1.82, 2.24) is 15.5 Å². The Balaban J connectivity index is 1.40. The summed E-state index contributed by atoms with van der Waals surface area (Å²) in [5, 5.41) is 11.5. The lowest BCUT2D eigenvalue weighted by molar-refractivity contribution is -0.121. The molecular weight excluding hydrogens is 446 g/mol. The molecule has 7 heteroatoms. The Bertz CT molecular complexity index is 780. The SMILES string of the molecule is CCCCCCCCCCCCCCCC(=O)NCCOc1ccc(-c2nnc(SC)o2)cc1. The summed E-state index contributed by atoms with van der Waals surface area (Å²) in [7, 11) is 0. The van der Waals surface area contributed by atoms with E-state index in [0.717, 1.165) is 24.2 Å². The van der Waals surface area contributed by atoms with Crippen molar-refractivity contribution in [2.75, 3.05) is 19.4 Å². The van der Waals surface area contributed by atoms with Crippen LogP contribution in [0.1, 0.15) is 96.8 Å². The second-order valence-corrected chi connectivity index (χ2v) is 9.55. The number of unbranched alkanes of at least 4 members (excludes halogenated alkanes) is 12. The molecule has 1 N–H and O–H groups in total. The van der Waals surface area contributed by atoms with E-state index in [1.165, 1.54) is 82.4 Å². The van der Waals surface area contributed by atoms with Crippen molar-refractivity contribution in [1.29, 1.82) is 0 Å². The smallest absolute Gasteiger partial charge is 0.276 e. The molecule has 0 aliphatic carbocycles. The molecule has 0 aliphatic heterocycles. The van der Waals surface area contributed by atoms with Crippen LogP contribution in [-0.2, 0) is 4.79 Å². The zero-order valence-electron chi connectivity index (χ0n) is 21.2. The maximum Gasteiger partial charge on any atom is 0.276 e. The molecule has 2 aromatic rings. The number of amides is 1. The van der Waals surface area contributed by atoms with Gasteiger partial charge in [-0.05, 0) is 36.9 Å². The van der Waals surface area contributed by atoms with E-state index < -0.39 is 0 Å². The normalized spacial score (nSPS) is 11.0. The summed E-state index contributed by atoms with van der Waals surface area (Å²) in [4.78, 5) is 12.0. The van der Waals surface area contributed by atoms with Crippen molar-refractivity contribution < 1.29 is 13.9 Å². The first-order valence-corrected chi connectivity index (χ1v) is 14.3. The molecule has 1 aromatic heterocycles. The minimum absolute atomic E-state index is 0.114. The van der Waals surface area contributed by atoms with Gasteiger partial charge in [0.25, 0.3) is 5.22 Å². The lowest BCUT2D eigenvalue weighted by Gasteiger charge is -2.08. The van der Waals surface area contributed by atoms with E-state index >= 15 is 0 Å². The Labute approximate surface area is 210 Å². The van der Waals surface area contributed by atoms with Crippen molar-refractivity contribution in [2.45, 2.75) is 102 Å². The lowest BCUT2D eigenvalue weighted by atomic mass is 10.0. The quantitative estimate of drug-likeness (QED) is 0.154. The molecule has 34 heavy (non-hydrogen) atoms. The molecule has 0 atom stereocenters. The third kappa shape index (κ3) is 12.4. The van der Waals surface area contributed by atoms with E-state index in [4.69, 9.17) is 9.15 Å². The molecule has 0 fully saturated rings. The summed E-state index contributed by atoms with van der Waals surface area (Å²) in [6, 6.07) is 7.52. The van der Waals surface area contributed by atoms with Crippen LogP contribution in [-0.4, -0.2) is 35.5 Å². The van der Waals surface area contributed by atoms with Gasteiger partial charge in [0, 0.05) is 12.0 Å². The number of nitrogens with zero attached hydrogens (tertiary/aromatic N) is 2. The summed E-state index contributed by atoms with van der Waals surface area (Å²) in [5.74, 6) is 1.36. The molecular formula is C27H43N3O3S. The number of ether oxygens (including phenoxy) is 1.